The largest absolute Gasteiger partial charge is 0.355 e. The van der Waals surface area contributed by atoms with E-state index in [1.54, 1.807) is 30.5 Å². The van der Waals surface area contributed by atoms with Gasteiger partial charge in [0.15, 0.2) is 15.8 Å². The Morgan fingerprint density at radius 1 is 1.11 bits per heavy atom. The van der Waals surface area contributed by atoms with Crippen LogP contribution >= 0.6 is 35.3 Å². The molecule has 0 aliphatic heterocycles. The topological polar surface area (TPSA) is 70.6 Å². The molecule has 150 valence electrons. The summed E-state index contributed by atoms with van der Waals surface area (Å²) in [4.78, 5) is 5.67. The van der Waals surface area contributed by atoms with Crippen LogP contribution in [-0.2, 0) is 21.8 Å². The molecule has 2 rings (SSSR count). The number of halogens is 1. The first-order valence-corrected chi connectivity index (χ1v) is 11.1. The molecule has 0 fully saturated rings. The van der Waals surface area contributed by atoms with Crippen LogP contribution in [0.4, 0.5) is 0 Å². The summed E-state index contributed by atoms with van der Waals surface area (Å²) in [6.45, 7) is 7.28. The Morgan fingerprint density at radius 2 is 1.78 bits per heavy atom. The molecule has 2 aromatic rings. The molecule has 1 aromatic carbocycles. The van der Waals surface area contributed by atoms with Crippen molar-refractivity contribution in [3.8, 4) is 0 Å². The summed E-state index contributed by atoms with van der Waals surface area (Å²) in [6.07, 6.45) is 0. The molecule has 0 amide bonds. The van der Waals surface area contributed by atoms with E-state index in [2.05, 4.69) is 36.4 Å². The number of hydrogen-bond donors (Lipinski definition) is 2. The van der Waals surface area contributed by atoms with Gasteiger partial charge >= 0.3 is 0 Å². The highest BCUT2D eigenvalue weighted by atomic mass is 127. The van der Waals surface area contributed by atoms with Gasteiger partial charge in [0, 0.05) is 18.5 Å². The highest BCUT2D eigenvalue weighted by Gasteiger charge is 2.17. The minimum Gasteiger partial charge on any atom is -0.355 e. The van der Waals surface area contributed by atoms with E-state index >= 15 is 0 Å². The molecule has 0 bridgehead atoms. The maximum Gasteiger partial charge on any atom is 0.191 e. The van der Waals surface area contributed by atoms with Gasteiger partial charge < -0.3 is 10.6 Å². The standard InChI is InChI=1S/C19H27N3O2S2.HI/c1-19(2,3)15-7-9-17(10-8-15)26(23,24)13-11-21-18(20-4)22-14-16-6-5-12-25-16;/h5-10,12H,11,13-14H2,1-4H3,(H2,20,21,22);1H. The summed E-state index contributed by atoms with van der Waals surface area (Å²) in [6, 6.07) is 11.2. The number of rotatable bonds is 6. The van der Waals surface area contributed by atoms with E-state index in [0.29, 0.717) is 23.9 Å². The van der Waals surface area contributed by atoms with Gasteiger partial charge in [-0.05, 0) is 34.6 Å². The number of hydrogen-bond acceptors (Lipinski definition) is 4. The van der Waals surface area contributed by atoms with Crippen molar-refractivity contribution >= 4 is 51.1 Å². The summed E-state index contributed by atoms with van der Waals surface area (Å²) in [5, 5.41) is 8.25. The first kappa shape index (κ1) is 23.9. The minimum absolute atomic E-state index is 0. The summed E-state index contributed by atoms with van der Waals surface area (Å²) >= 11 is 1.66. The summed E-state index contributed by atoms with van der Waals surface area (Å²) in [7, 11) is -1.66. The molecular formula is C19H28IN3O2S2. The van der Waals surface area contributed by atoms with Gasteiger partial charge in [-0.1, -0.05) is 39.0 Å². The molecule has 0 saturated heterocycles. The lowest BCUT2D eigenvalue weighted by molar-refractivity contribution is 0.586. The van der Waals surface area contributed by atoms with Crippen molar-refractivity contribution in [1.29, 1.82) is 0 Å². The van der Waals surface area contributed by atoms with Crippen LogP contribution in [0.25, 0.3) is 0 Å². The monoisotopic (exact) mass is 521 g/mol. The smallest absolute Gasteiger partial charge is 0.191 e. The maximum absolute atomic E-state index is 12.5. The average Bonchev–Trinajstić information content (AvgIpc) is 3.10. The molecule has 0 saturated carbocycles. The van der Waals surface area contributed by atoms with Crippen LogP contribution < -0.4 is 10.6 Å². The van der Waals surface area contributed by atoms with E-state index in [1.807, 2.05) is 29.6 Å². The summed E-state index contributed by atoms with van der Waals surface area (Å²) in [5.74, 6) is 0.610. The van der Waals surface area contributed by atoms with Crippen molar-refractivity contribution in [2.75, 3.05) is 19.3 Å². The number of aliphatic imine (C=N–C) groups is 1. The highest BCUT2D eigenvalue weighted by Crippen LogP contribution is 2.23. The fraction of sp³-hybridized carbons (Fsp3) is 0.421. The lowest BCUT2D eigenvalue weighted by Gasteiger charge is -2.19. The Morgan fingerprint density at radius 3 is 2.30 bits per heavy atom. The third-order valence-electron chi connectivity index (χ3n) is 3.98. The van der Waals surface area contributed by atoms with Gasteiger partial charge in [0.05, 0.1) is 17.2 Å². The molecular weight excluding hydrogens is 493 g/mol. The first-order valence-electron chi connectivity index (χ1n) is 8.52. The third-order valence-corrected chi connectivity index (χ3v) is 6.58. The zero-order valence-electron chi connectivity index (χ0n) is 16.2. The Kier molecular flexibility index (Phi) is 9.23. The lowest BCUT2D eigenvalue weighted by atomic mass is 9.87. The zero-order valence-corrected chi connectivity index (χ0v) is 20.1. The number of thiophene rings is 1. The van der Waals surface area contributed by atoms with Gasteiger partial charge in [0.25, 0.3) is 0 Å². The van der Waals surface area contributed by atoms with Crippen molar-refractivity contribution in [1.82, 2.24) is 10.6 Å². The molecule has 8 heteroatoms. The zero-order chi connectivity index (χ0) is 19.2. The quantitative estimate of drug-likeness (QED) is 0.345. The van der Waals surface area contributed by atoms with Crippen molar-refractivity contribution < 1.29 is 8.42 Å². The van der Waals surface area contributed by atoms with Crippen LogP contribution in [-0.4, -0.2) is 33.7 Å². The van der Waals surface area contributed by atoms with Crippen LogP contribution in [0.2, 0.25) is 0 Å². The first-order chi connectivity index (χ1) is 12.2. The Labute approximate surface area is 183 Å². The second-order valence-corrected chi connectivity index (χ2v) is 10.2. The highest BCUT2D eigenvalue weighted by molar-refractivity contribution is 14.0. The minimum atomic E-state index is -3.33. The molecule has 5 nitrogen and oxygen atoms in total. The second-order valence-electron chi connectivity index (χ2n) is 7.03. The second kappa shape index (κ2) is 10.4. The molecule has 1 heterocycles. The van der Waals surface area contributed by atoms with Crippen LogP contribution in [0.3, 0.4) is 0 Å². The van der Waals surface area contributed by atoms with E-state index < -0.39 is 9.84 Å². The number of guanidine groups is 1. The normalized spacial score (nSPS) is 12.4. The van der Waals surface area contributed by atoms with E-state index in [0.717, 1.165) is 5.56 Å². The van der Waals surface area contributed by atoms with E-state index in [9.17, 15) is 8.42 Å². The fourth-order valence-corrected chi connectivity index (χ4v) is 4.19. The molecule has 0 atom stereocenters. The van der Waals surface area contributed by atoms with Crippen molar-refractivity contribution in [2.45, 2.75) is 37.6 Å². The Hall–Kier alpha value is -1.13. The van der Waals surface area contributed by atoms with Crippen molar-refractivity contribution in [3.63, 3.8) is 0 Å². The van der Waals surface area contributed by atoms with Gasteiger partial charge in [0.1, 0.15) is 0 Å². The number of benzene rings is 1. The van der Waals surface area contributed by atoms with Crippen LogP contribution in [0.1, 0.15) is 31.2 Å². The molecule has 0 aliphatic carbocycles. The number of nitrogens with zero attached hydrogens (tertiary/aromatic N) is 1. The van der Waals surface area contributed by atoms with Gasteiger partial charge in [-0.2, -0.15) is 0 Å². The van der Waals surface area contributed by atoms with Gasteiger partial charge in [0.2, 0.25) is 0 Å². The van der Waals surface area contributed by atoms with E-state index in [-0.39, 0.29) is 35.1 Å². The van der Waals surface area contributed by atoms with Gasteiger partial charge in [-0.3, -0.25) is 4.99 Å². The molecule has 27 heavy (non-hydrogen) atoms. The number of sulfone groups is 1. The lowest BCUT2D eigenvalue weighted by Crippen LogP contribution is -2.39. The van der Waals surface area contributed by atoms with E-state index in [1.165, 1.54) is 4.88 Å². The molecule has 0 radical (unpaired) electrons. The van der Waals surface area contributed by atoms with Crippen LogP contribution in [0.5, 0.6) is 0 Å². The molecule has 1 aromatic heterocycles. The summed E-state index contributed by atoms with van der Waals surface area (Å²) < 4.78 is 25.0. The predicted octanol–water partition coefficient (Wildman–Crippen LogP) is 3.80. The molecule has 0 spiro atoms. The van der Waals surface area contributed by atoms with Crippen LogP contribution in [0.15, 0.2) is 51.7 Å². The third kappa shape index (κ3) is 7.42. The Bertz CT molecular complexity index is 825. The molecule has 0 aliphatic rings. The van der Waals surface area contributed by atoms with Crippen molar-refractivity contribution in [3.05, 3.63) is 52.2 Å². The number of nitrogens with one attached hydrogen (secondary N) is 2. The predicted molar refractivity (Wildman–Crippen MR) is 125 cm³/mol. The Balaban J connectivity index is 0.00000364. The van der Waals surface area contributed by atoms with Gasteiger partial charge in [-0.25, -0.2) is 8.42 Å². The van der Waals surface area contributed by atoms with E-state index in [4.69, 9.17) is 0 Å². The van der Waals surface area contributed by atoms with Crippen LogP contribution in [0, 0.1) is 0 Å². The molecule has 0 unspecified atom stereocenters. The molecule has 2 N–H and O–H groups in total. The average molecular weight is 521 g/mol. The van der Waals surface area contributed by atoms with Gasteiger partial charge in [-0.15, -0.1) is 35.3 Å². The summed E-state index contributed by atoms with van der Waals surface area (Å²) in [5.41, 5.74) is 1.12. The fourth-order valence-electron chi connectivity index (χ4n) is 2.39. The SMILES string of the molecule is CN=C(NCCS(=O)(=O)c1ccc(C(C)(C)C)cc1)NCc1cccs1.I. The maximum atomic E-state index is 12.5. The van der Waals surface area contributed by atoms with Crippen molar-refractivity contribution in [2.24, 2.45) is 4.99 Å².